The van der Waals surface area contributed by atoms with Crippen molar-refractivity contribution >= 4 is 0 Å². The van der Waals surface area contributed by atoms with Crippen molar-refractivity contribution in [1.29, 1.82) is 0 Å². The van der Waals surface area contributed by atoms with E-state index in [0.717, 1.165) is 18.2 Å². The molecule has 0 saturated heterocycles. The maximum Gasteiger partial charge on any atom is 0.0762 e. The SMILES string of the molecule is Cn1ccc(CNC(c2ccccc2)C2CCCCC2)n1. The minimum Gasteiger partial charge on any atom is -0.304 e. The molecule has 1 aliphatic rings. The van der Waals surface area contributed by atoms with Crippen molar-refractivity contribution < 1.29 is 0 Å². The Morgan fingerprint density at radius 1 is 1.14 bits per heavy atom. The van der Waals surface area contributed by atoms with E-state index in [9.17, 15) is 0 Å². The van der Waals surface area contributed by atoms with Crippen LogP contribution in [0.3, 0.4) is 0 Å². The van der Waals surface area contributed by atoms with Crippen molar-refractivity contribution in [3.8, 4) is 0 Å². The predicted octanol–water partition coefficient (Wildman–Crippen LogP) is 3.83. The number of nitrogens with zero attached hydrogens (tertiary/aromatic N) is 2. The Kier molecular flexibility index (Phi) is 4.71. The lowest BCUT2D eigenvalue weighted by atomic mass is 9.81. The summed E-state index contributed by atoms with van der Waals surface area (Å²) in [6, 6.07) is 13.4. The molecule has 0 aliphatic heterocycles. The number of aryl methyl sites for hydroxylation is 1. The Labute approximate surface area is 127 Å². The van der Waals surface area contributed by atoms with Gasteiger partial charge in [-0.2, -0.15) is 5.10 Å². The summed E-state index contributed by atoms with van der Waals surface area (Å²) in [5.74, 6) is 0.755. The topological polar surface area (TPSA) is 29.9 Å². The highest BCUT2D eigenvalue weighted by Crippen LogP contribution is 2.34. The Morgan fingerprint density at radius 2 is 1.90 bits per heavy atom. The summed E-state index contributed by atoms with van der Waals surface area (Å²) in [4.78, 5) is 0. The molecule has 1 heterocycles. The van der Waals surface area contributed by atoms with Crippen molar-refractivity contribution in [2.75, 3.05) is 0 Å². The van der Waals surface area contributed by atoms with Gasteiger partial charge in [-0.3, -0.25) is 4.68 Å². The van der Waals surface area contributed by atoms with Gasteiger partial charge in [0.05, 0.1) is 5.69 Å². The molecule has 3 rings (SSSR count). The molecule has 21 heavy (non-hydrogen) atoms. The first-order chi connectivity index (χ1) is 10.3. The van der Waals surface area contributed by atoms with Crippen LogP contribution in [-0.2, 0) is 13.6 Å². The van der Waals surface area contributed by atoms with E-state index in [0.29, 0.717) is 6.04 Å². The van der Waals surface area contributed by atoms with Crippen molar-refractivity contribution in [3.63, 3.8) is 0 Å². The zero-order valence-electron chi connectivity index (χ0n) is 12.8. The number of hydrogen-bond acceptors (Lipinski definition) is 2. The van der Waals surface area contributed by atoms with E-state index in [1.54, 1.807) is 0 Å². The lowest BCUT2D eigenvalue weighted by molar-refractivity contribution is 0.269. The van der Waals surface area contributed by atoms with Crippen LogP contribution in [0.2, 0.25) is 0 Å². The Balaban J connectivity index is 1.72. The van der Waals surface area contributed by atoms with Gasteiger partial charge in [-0.05, 0) is 30.4 Å². The van der Waals surface area contributed by atoms with E-state index in [1.807, 2.05) is 17.9 Å². The maximum atomic E-state index is 4.48. The molecule has 1 aromatic carbocycles. The lowest BCUT2D eigenvalue weighted by Gasteiger charge is -2.31. The fourth-order valence-corrected chi connectivity index (χ4v) is 3.46. The molecule has 3 nitrogen and oxygen atoms in total. The predicted molar refractivity (Wildman–Crippen MR) is 85.8 cm³/mol. The normalized spacial score (nSPS) is 17.8. The number of benzene rings is 1. The van der Waals surface area contributed by atoms with Gasteiger partial charge in [0, 0.05) is 25.8 Å². The molecule has 1 fully saturated rings. The van der Waals surface area contributed by atoms with Gasteiger partial charge in [0.25, 0.3) is 0 Å². The smallest absolute Gasteiger partial charge is 0.0762 e. The van der Waals surface area contributed by atoms with Crippen LogP contribution in [0.25, 0.3) is 0 Å². The van der Waals surface area contributed by atoms with Crippen molar-refractivity contribution in [1.82, 2.24) is 15.1 Å². The van der Waals surface area contributed by atoms with E-state index in [-0.39, 0.29) is 0 Å². The summed E-state index contributed by atoms with van der Waals surface area (Å²) in [5, 5.41) is 8.24. The van der Waals surface area contributed by atoms with Crippen LogP contribution in [0.1, 0.15) is 49.4 Å². The van der Waals surface area contributed by atoms with Crippen molar-refractivity contribution in [2.45, 2.75) is 44.7 Å². The Bertz CT molecular complexity index is 541. The van der Waals surface area contributed by atoms with E-state index in [1.165, 1.54) is 37.7 Å². The molecule has 0 amide bonds. The molecule has 1 saturated carbocycles. The quantitative estimate of drug-likeness (QED) is 0.903. The minimum atomic E-state index is 0.452. The second kappa shape index (κ2) is 6.90. The zero-order valence-corrected chi connectivity index (χ0v) is 12.8. The largest absolute Gasteiger partial charge is 0.304 e. The average molecular weight is 283 g/mol. The van der Waals surface area contributed by atoms with Crippen LogP contribution < -0.4 is 5.32 Å². The lowest BCUT2D eigenvalue weighted by Crippen LogP contribution is -2.29. The summed E-state index contributed by atoms with van der Waals surface area (Å²) in [7, 11) is 1.97. The van der Waals surface area contributed by atoms with Gasteiger partial charge in [0.1, 0.15) is 0 Å². The molecular weight excluding hydrogens is 258 g/mol. The van der Waals surface area contributed by atoms with Crippen LogP contribution >= 0.6 is 0 Å². The molecule has 112 valence electrons. The van der Waals surface area contributed by atoms with Gasteiger partial charge < -0.3 is 5.32 Å². The summed E-state index contributed by atoms with van der Waals surface area (Å²) in [6.45, 7) is 0.844. The standard InChI is InChI=1S/C18H25N3/c1-21-13-12-17(20-21)14-19-18(15-8-4-2-5-9-15)16-10-6-3-7-11-16/h2,4-5,8-9,12-13,16,18-19H,3,6-7,10-11,14H2,1H3. The molecule has 0 radical (unpaired) electrons. The van der Waals surface area contributed by atoms with E-state index >= 15 is 0 Å². The van der Waals surface area contributed by atoms with Crippen LogP contribution in [-0.4, -0.2) is 9.78 Å². The third kappa shape index (κ3) is 3.73. The molecular formula is C18H25N3. The van der Waals surface area contributed by atoms with Crippen molar-refractivity contribution in [3.05, 3.63) is 53.9 Å². The number of aromatic nitrogens is 2. The fourth-order valence-electron chi connectivity index (χ4n) is 3.46. The molecule has 0 spiro atoms. The minimum absolute atomic E-state index is 0.452. The molecule has 2 aromatic rings. The van der Waals surface area contributed by atoms with Crippen LogP contribution in [0.15, 0.2) is 42.6 Å². The van der Waals surface area contributed by atoms with Gasteiger partial charge in [-0.1, -0.05) is 49.6 Å². The number of nitrogens with one attached hydrogen (secondary N) is 1. The highest BCUT2D eigenvalue weighted by atomic mass is 15.3. The third-order valence-corrected chi connectivity index (χ3v) is 4.55. The monoisotopic (exact) mass is 283 g/mol. The summed E-state index contributed by atoms with van der Waals surface area (Å²) in [5.41, 5.74) is 2.54. The number of hydrogen-bond donors (Lipinski definition) is 1. The van der Waals surface area contributed by atoms with Crippen LogP contribution in [0.4, 0.5) is 0 Å². The van der Waals surface area contributed by atoms with Crippen molar-refractivity contribution in [2.24, 2.45) is 13.0 Å². The maximum absolute atomic E-state index is 4.48. The van der Waals surface area contributed by atoms with Gasteiger partial charge in [0.15, 0.2) is 0 Å². The van der Waals surface area contributed by atoms with Crippen LogP contribution in [0, 0.1) is 5.92 Å². The third-order valence-electron chi connectivity index (χ3n) is 4.55. The van der Waals surface area contributed by atoms with Gasteiger partial charge in [-0.15, -0.1) is 0 Å². The van der Waals surface area contributed by atoms with E-state index < -0.39 is 0 Å². The average Bonchev–Trinajstić information content (AvgIpc) is 2.95. The van der Waals surface area contributed by atoms with Gasteiger partial charge in [0.2, 0.25) is 0 Å². The molecule has 1 atom stereocenters. The molecule has 1 aliphatic carbocycles. The Morgan fingerprint density at radius 3 is 2.57 bits per heavy atom. The first-order valence-corrected chi connectivity index (χ1v) is 8.10. The first kappa shape index (κ1) is 14.3. The molecule has 3 heteroatoms. The molecule has 0 bridgehead atoms. The first-order valence-electron chi connectivity index (χ1n) is 8.10. The molecule has 1 aromatic heterocycles. The summed E-state index contributed by atoms with van der Waals surface area (Å²) in [6.07, 6.45) is 8.84. The van der Waals surface area contributed by atoms with Gasteiger partial charge in [-0.25, -0.2) is 0 Å². The summed E-state index contributed by atoms with van der Waals surface area (Å²) < 4.78 is 1.87. The highest BCUT2D eigenvalue weighted by molar-refractivity contribution is 5.20. The molecule has 1 unspecified atom stereocenters. The second-order valence-corrected chi connectivity index (χ2v) is 6.15. The van der Waals surface area contributed by atoms with E-state index in [4.69, 9.17) is 0 Å². The summed E-state index contributed by atoms with van der Waals surface area (Å²) >= 11 is 0. The van der Waals surface area contributed by atoms with Crippen LogP contribution in [0.5, 0.6) is 0 Å². The van der Waals surface area contributed by atoms with Gasteiger partial charge >= 0.3 is 0 Å². The highest BCUT2D eigenvalue weighted by Gasteiger charge is 2.24. The molecule has 1 N–H and O–H groups in total. The van der Waals surface area contributed by atoms with E-state index in [2.05, 4.69) is 46.8 Å². The fraction of sp³-hybridized carbons (Fsp3) is 0.500. The number of rotatable bonds is 5. The second-order valence-electron chi connectivity index (χ2n) is 6.15. The zero-order chi connectivity index (χ0) is 14.5. The Hall–Kier alpha value is -1.61.